The quantitative estimate of drug-likeness (QED) is 0.724. The smallest absolute Gasteiger partial charge is 0.259 e. The van der Waals surface area contributed by atoms with Crippen LogP contribution in [0.5, 0.6) is 17.2 Å². The molecule has 0 spiro atoms. The molecular formula is C14H11BrN2O4. The standard InChI is InChI=1S/C14H11BrN2O4/c15-7-1-2-8(11(18)3-7)14(19)17-10-5-13-12(4-9(10)16)20-6-21-13/h1-5,18H,6,16H2,(H,17,19). The first-order valence-electron chi connectivity index (χ1n) is 6.03. The normalized spacial score (nSPS) is 12.2. The Labute approximate surface area is 128 Å². The Morgan fingerprint density at radius 2 is 1.95 bits per heavy atom. The lowest BCUT2D eigenvalue weighted by atomic mass is 10.1. The van der Waals surface area contributed by atoms with E-state index in [1.807, 2.05) is 0 Å². The summed E-state index contributed by atoms with van der Waals surface area (Å²) < 4.78 is 11.1. The fourth-order valence-corrected chi connectivity index (χ4v) is 2.30. The van der Waals surface area contributed by atoms with Crippen LogP contribution in [-0.4, -0.2) is 17.8 Å². The SMILES string of the molecule is Nc1cc2c(cc1NC(=O)c1ccc(Br)cc1O)OCO2. The number of fused-ring (bicyclic) bond motifs is 1. The second-order valence-electron chi connectivity index (χ2n) is 4.41. The number of nitrogens with one attached hydrogen (secondary N) is 1. The molecule has 1 amide bonds. The van der Waals surface area contributed by atoms with Crippen LogP contribution < -0.4 is 20.5 Å². The largest absolute Gasteiger partial charge is 0.507 e. The molecule has 0 saturated carbocycles. The van der Waals surface area contributed by atoms with E-state index in [2.05, 4.69) is 21.2 Å². The molecule has 0 fully saturated rings. The van der Waals surface area contributed by atoms with Crippen LogP contribution in [-0.2, 0) is 0 Å². The van der Waals surface area contributed by atoms with Crippen molar-refractivity contribution >= 4 is 33.2 Å². The van der Waals surface area contributed by atoms with E-state index in [4.69, 9.17) is 15.2 Å². The number of halogens is 1. The number of phenols is 1. The number of nitrogens with two attached hydrogens (primary N) is 1. The lowest BCUT2D eigenvalue weighted by molar-refractivity contribution is 0.102. The molecule has 0 radical (unpaired) electrons. The molecule has 0 unspecified atom stereocenters. The van der Waals surface area contributed by atoms with Gasteiger partial charge >= 0.3 is 0 Å². The lowest BCUT2D eigenvalue weighted by Gasteiger charge is -2.10. The van der Waals surface area contributed by atoms with Gasteiger partial charge in [-0.2, -0.15) is 0 Å². The maximum Gasteiger partial charge on any atom is 0.259 e. The molecule has 3 rings (SSSR count). The second kappa shape index (κ2) is 5.17. The van der Waals surface area contributed by atoms with Gasteiger partial charge in [0.2, 0.25) is 6.79 Å². The van der Waals surface area contributed by atoms with Crippen molar-refractivity contribution in [3.63, 3.8) is 0 Å². The Bertz CT molecular complexity index is 733. The molecule has 6 nitrogen and oxygen atoms in total. The van der Waals surface area contributed by atoms with E-state index < -0.39 is 5.91 Å². The fraction of sp³-hybridized carbons (Fsp3) is 0.0714. The van der Waals surface area contributed by atoms with E-state index in [1.165, 1.54) is 12.1 Å². The van der Waals surface area contributed by atoms with Gasteiger partial charge in [0.1, 0.15) is 5.75 Å². The van der Waals surface area contributed by atoms with Crippen LogP contribution in [0.4, 0.5) is 11.4 Å². The summed E-state index contributed by atoms with van der Waals surface area (Å²) in [7, 11) is 0. The van der Waals surface area contributed by atoms with E-state index in [9.17, 15) is 9.90 Å². The van der Waals surface area contributed by atoms with E-state index in [0.29, 0.717) is 27.3 Å². The number of amides is 1. The molecule has 108 valence electrons. The first-order chi connectivity index (χ1) is 10.0. The fourth-order valence-electron chi connectivity index (χ4n) is 1.95. The van der Waals surface area contributed by atoms with Crippen molar-refractivity contribution in [2.45, 2.75) is 0 Å². The third-order valence-corrected chi connectivity index (χ3v) is 3.49. The van der Waals surface area contributed by atoms with E-state index >= 15 is 0 Å². The van der Waals surface area contributed by atoms with Crippen LogP contribution in [0.3, 0.4) is 0 Å². The number of hydrogen-bond donors (Lipinski definition) is 3. The predicted molar refractivity (Wildman–Crippen MR) is 80.7 cm³/mol. The first kappa shape index (κ1) is 13.6. The van der Waals surface area contributed by atoms with Gasteiger partial charge in [-0.05, 0) is 18.2 Å². The number of aromatic hydroxyl groups is 1. The summed E-state index contributed by atoms with van der Waals surface area (Å²) in [5.41, 5.74) is 6.76. The van der Waals surface area contributed by atoms with Crippen molar-refractivity contribution < 1.29 is 19.4 Å². The molecule has 21 heavy (non-hydrogen) atoms. The molecular weight excluding hydrogens is 340 g/mol. The van der Waals surface area contributed by atoms with Crippen molar-refractivity contribution in [3.05, 3.63) is 40.4 Å². The van der Waals surface area contributed by atoms with Crippen molar-refractivity contribution in [1.82, 2.24) is 0 Å². The first-order valence-corrected chi connectivity index (χ1v) is 6.83. The highest BCUT2D eigenvalue weighted by molar-refractivity contribution is 9.10. The zero-order chi connectivity index (χ0) is 15.0. The third-order valence-electron chi connectivity index (χ3n) is 3.00. The van der Waals surface area contributed by atoms with Crippen molar-refractivity contribution in [3.8, 4) is 17.2 Å². The maximum atomic E-state index is 12.2. The Morgan fingerprint density at radius 1 is 1.24 bits per heavy atom. The highest BCUT2D eigenvalue weighted by Gasteiger charge is 2.18. The molecule has 0 bridgehead atoms. The van der Waals surface area contributed by atoms with E-state index in [1.54, 1.807) is 18.2 Å². The summed E-state index contributed by atoms with van der Waals surface area (Å²) in [6.45, 7) is 0.125. The zero-order valence-electron chi connectivity index (χ0n) is 10.7. The molecule has 7 heteroatoms. The van der Waals surface area contributed by atoms with Gasteiger partial charge in [-0.3, -0.25) is 4.79 Å². The van der Waals surface area contributed by atoms with Crippen LogP contribution in [0.25, 0.3) is 0 Å². The van der Waals surface area contributed by atoms with Gasteiger partial charge in [-0.1, -0.05) is 15.9 Å². The molecule has 4 N–H and O–H groups in total. The van der Waals surface area contributed by atoms with Gasteiger partial charge < -0.3 is 25.6 Å². The number of rotatable bonds is 2. The van der Waals surface area contributed by atoms with Crippen LogP contribution in [0.2, 0.25) is 0 Å². The Balaban J connectivity index is 1.88. The van der Waals surface area contributed by atoms with E-state index in [-0.39, 0.29) is 18.1 Å². The predicted octanol–water partition coefficient (Wildman–Crippen LogP) is 2.72. The average molecular weight is 351 g/mol. The molecule has 0 aromatic heterocycles. The molecule has 2 aromatic carbocycles. The molecule has 0 aliphatic carbocycles. The van der Waals surface area contributed by atoms with Crippen LogP contribution in [0.15, 0.2) is 34.8 Å². The summed E-state index contributed by atoms with van der Waals surface area (Å²) in [5, 5.41) is 12.4. The van der Waals surface area contributed by atoms with Crippen LogP contribution >= 0.6 is 15.9 Å². The summed E-state index contributed by atoms with van der Waals surface area (Å²) in [5.74, 6) is 0.461. The van der Waals surface area contributed by atoms with E-state index in [0.717, 1.165) is 0 Å². The minimum absolute atomic E-state index is 0.124. The van der Waals surface area contributed by atoms with Gasteiger partial charge in [0.05, 0.1) is 16.9 Å². The number of ether oxygens (including phenoxy) is 2. The molecule has 0 saturated heterocycles. The number of nitrogen functional groups attached to an aromatic ring is 1. The number of anilines is 2. The molecule has 1 heterocycles. The van der Waals surface area contributed by atoms with Crippen LogP contribution in [0.1, 0.15) is 10.4 Å². The highest BCUT2D eigenvalue weighted by atomic mass is 79.9. The van der Waals surface area contributed by atoms with Gasteiger partial charge in [0.25, 0.3) is 5.91 Å². The number of hydrogen-bond acceptors (Lipinski definition) is 5. The summed E-state index contributed by atoms with van der Waals surface area (Å²) in [4.78, 5) is 12.2. The Kier molecular flexibility index (Phi) is 3.34. The summed E-state index contributed by atoms with van der Waals surface area (Å²) >= 11 is 3.22. The second-order valence-corrected chi connectivity index (χ2v) is 5.32. The number of carbonyl (C=O) groups excluding carboxylic acids is 1. The van der Waals surface area contributed by atoms with Gasteiger partial charge in [0, 0.05) is 16.6 Å². The minimum atomic E-state index is -0.467. The number of phenolic OH excluding ortho intramolecular Hbond substituents is 1. The lowest BCUT2D eigenvalue weighted by Crippen LogP contribution is -2.13. The van der Waals surface area contributed by atoms with Gasteiger partial charge in [-0.25, -0.2) is 0 Å². The number of carbonyl (C=O) groups is 1. The summed E-state index contributed by atoms with van der Waals surface area (Å²) in [6, 6.07) is 7.79. The van der Waals surface area contributed by atoms with Gasteiger partial charge in [-0.15, -0.1) is 0 Å². The Hall–Kier alpha value is -2.41. The topological polar surface area (TPSA) is 93.8 Å². The molecule has 1 aliphatic heterocycles. The zero-order valence-corrected chi connectivity index (χ0v) is 12.3. The molecule has 1 aliphatic rings. The van der Waals surface area contributed by atoms with Crippen LogP contribution in [0, 0.1) is 0 Å². The minimum Gasteiger partial charge on any atom is -0.507 e. The van der Waals surface area contributed by atoms with Crippen molar-refractivity contribution in [1.29, 1.82) is 0 Å². The summed E-state index contributed by atoms with van der Waals surface area (Å²) in [6.07, 6.45) is 0. The average Bonchev–Trinajstić information content (AvgIpc) is 2.86. The molecule has 2 aromatic rings. The molecule has 0 atom stereocenters. The van der Waals surface area contributed by atoms with Crippen molar-refractivity contribution in [2.75, 3.05) is 17.8 Å². The number of benzene rings is 2. The maximum absolute atomic E-state index is 12.2. The monoisotopic (exact) mass is 350 g/mol. The third kappa shape index (κ3) is 2.59. The highest BCUT2D eigenvalue weighted by Crippen LogP contribution is 2.38. The van der Waals surface area contributed by atoms with Gasteiger partial charge in [0.15, 0.2) is 11.5 Å². The Morgan fingerprint density at radius 3 is 2.67 bits per heavy atom. The van der Waals surface area contributed by atoms with Crippen molar-refractivity contribution in [2.24, 2.45) is 0 Å².